The number of ether oxygens (including phenoxy) is 1. The van der Waals surface area contributed by atoms with Gasteiger partial charge in [0, 0.05) is 12.6 Å². The van der Waals surface area contributed by atoms with Crippen molar-refractivity contribution in [3.8, 4) is 0 Å². The highest BCUT2D eigenvalue weighted by molar-refractivity contribution is 6.59. The Kier molecular flexibility index (Phi) is 3.02. The first-order chi connectivity index (χ1) is 6.66. The van der Waals surface area contributed by atoms with E-state index in [4.69, 9.17) is 10.5 Å². The van der Waals surface area contributed by atoms with E-state index in [0.717, 1.165) is 0 Å². The van der Waals surface area contributed by atoms with Crippen LogP contribution in [0, 0.1) is 0 Å². The van der Waals surface area contributed by atoms with Crippen LogP contribution in [0.3, 0.4) is 0 Å². The van der Waals surface area contributed by atoms with Crippen LogP contribution in [0.4, 0.5) is 0 Å². The lowest BCUT2D eigenvalue weighted by atomic mass is 9.93. The third kappa shape index (κ3) is 1.72. The molecule has 0 spiro atoms. The number of carbonyl (C=O) groups is 1. The fourth-order valence-electron chi connectivity index (χ4n) is 2.29. The number of amides is 1. The highest BCUT2D eigenvalue weighted by Crippen LogP contribution is 2.37. The average molecular weight is 230 g/mol. The van der Waals surface area contributed by atoms with Gasteiger partial charge in [-0.15, -0.1) is 0 Å². The molecule has 0 aromatic heterocycles. The fraction of sp³-hybridized carbons (Fsp3) is 0.900. The summed E-state index contributed by atoms with van der Waals surface area (Å²) in [6.45, 7) is 10.5. The van der Waals surface area contributed by atoms with Crippen LogP contribution in [0.2, 0.25) is 13.1 Å². The van der Waals surface area contributed by atoms with Crippen molar-refractivity contribution in [3.63, 3.8) is 0 Å². The van der Waals surface area contributed by atoms with Gasteiger partial charge in [0.25, 0.3) is 5.91 Å². The van der Waals surface area contributed by atoms with Gasteiger partial charge < -0.3 is 9.64 Å². The fourth-order valence-corrected chi connectivity index (χ4v) is 4.74. The normalized spacial score (nSPS) is 32.1. The molecule has 1 heterocycles. The van der Waals surface area contributed by atoms with Gasteiger partial charge in [0.05, 0.1) is 14.5 Å². The summed E-state index contributed by atoms with van der Waals surface area (Å²) in [4.78, 5) is 13.9. The van der Waals surface area contributed by atoms with E-state index in [2.05, 4.69) is 13.1 Å². The molecule has 0 bridgehead atoms. The van der Waals surface area contributed by atoms with Crippen LogP contribution in [0.1, 0.15) is 20.8 Å². The molecule has 1 amide bonds. The van der Waals surface area contributed by atoms with Gasteiger partial charge in [-0.1, -0.05) is 13.1 Å². The number of β-lactam (4-membered cyclic amide) rings is 1. The highest BCUT2D eigenvalue weighted by atomic mass is 28.3. The molecule has 5 heteroatoms. The van der Waals surface area contributed by atoms with Crippen molar-refractivity contribution in [1.29, 1.82) is 0 Å². The van der Waals surface area contributed by atoms with Crippen molar-refractivity contribution in [2.45, 2.75) is 50.8 Å². The van der Waals surface area contributed by atoms with E-state index in [1.165, 1.54) is 7.11 Å². The number of carbonyl (C=O) groups excluding carboxylic acids is 1. The molecule has 1 aliphatic rings. The molecule has 0 aromatic rings. The zero-order chi connectivity index (χ0) is 12.0. The maximum absolute atomic E-state index is 12.0. The maximum Gasteiger partial charge on any atom is 0.272 e. The standard InChI is InChI=1S/C10H22N2O2Si/c1-9(2,3)12-7(13)10(11,14-4)8(12)15(5)6/h8,15H,11H2,1-6H3. The molecule has 0 aliphatic carbocycles. The van der Waals surface area contributed by atoms with E-state index in [1.54, 1.807) is 0 Å². The summed E-state index contributed by atoms with van der Waals surface area (Å²) in [5, 5.41) is 0. The SMILES string of the molecule is COC1(N)C(=O)N(C(C)(C)C)C1[SiH](C)C. The minimum atomic E-state index is -1.06. The lowest BCUT2D eigenvalue weighted by Gasteiger charge is -2.59. The predicted octanol–water partition coefficient (Wildman–Crippen LogP) is 0.323. The highest BCUT2D eigenvalue weighted by Gasteiger charge is 2.62. The van der Waals surface area contributed by atoms with Crippen LogP contribution in [0.25, 0.3) is 0 Å². The molecule has 1 saturated heterocycles. The Balaban J connectivity index is 3.00. The van der Waals surface area contributed by atoms with Crippen LogP contribution >= 0.6 is 0 Å². The molecule has 1 aliphatic heterocycles. The van der Waals surface area contributed by atoms with Gasteiger partial charge >= 0.3 is 0 Å². The van der Waals surface area contributed by atoms with Crippen molar-refractivity contribution in [1.82, 2.24) is 4.90 Å². The van der Waals surface area contributed by atoms with Gasteiger partial charge in [-0.05, 0) is 20.8 Å². The predicted molar refractivity (Wildman–Crippen MR) is 63.2 cm³/mol. The summed E-state index contributed by atoms with van der Waals surface area (Å²) in [7, 11) is 0.454. The molecule has 2 N–H and O–H groups in total. The molecule has 0 aromatic carbocycles. The summed E-state index contributed by atoms with van der Waals surface area (Å²) in [5.41, 5.74) is 4.86. The first-order valence-electron chi connectivity index (χ1n) is 5.34. The largest absolute Gasteiger partial charge is 0.354 e. The van der Waals surface area contributed by atoms with E-state index in [0.29, 0.717) is 0 Å². The number of likely N-dealkylation sites (tertiary alicyclic amines) is 1. The second-order valence-corrected chi connectivity index (χ2v) is 8.65. The van der Waals surface area contributed by atoms with Crippen molar-refractivity contribution in [2.24, 2.45) is 5.73 Å². The van der Waals surface area contributed by atoms with Crippen LogP contribution in [0.15, 0.2) is 0 Å². The van der Waals surface area contributed by atoms with Gasteiger partial charge in [0.2, 0.25) is 5.72 Å². The van der Waals surface area contributed by atoms with Gasteiger partial charge in [-0.3, -0.25) is 10.5 Å². The second kappa shape index (κ2) is 3.57. The minimum Gasteiger partial charge on any atom is -0.354 e. The van der Waals surface area contributed by atoms with Crippen LogP contribution in [-0.2, 0) is 9.53 Å². The number of nitrogens with zero attached hydrogens (tertiary/aromatic N) is 1. The van der Waals surface area contributed by atoms with Crippen molar-refractivity contribution >= 4 is 14.7 Å². The molecule has 88 valence electrons. The number of rotatable bonds is 2. The van der Waals surface area contributed by atoms with Crippen LogP contribution in [0.5, 0.6) is 0 Å². The van der Waals surface area contributed by atoms with Crippen LogP contribution in [-0.4, -0.2) is 43.6 Å². The number of hydrogen-bond acceptors (Lipinski definition) is 3. The molecule has 0 saturated carbocycles. The second-order valence-electron chi connectivity index (χ2n) is 5.53. The molecule has 1 fully saturated rings. The summed E-state index contributed by atoms with van der Waals surface area (Å²) in [6, 6.07) is 0. The number of methoxy groups -OCH3 is 1. The first kappa shape index (κ1) is 12.7. The Labute approximate surface area is 93.4 Å². The zero-order valence-corrected chi connectivity index (χ0v) is 11.7. The Morgan fingerprint density at radius 3 is 2.20 bits per heavy atom. The molecule has 4 nitrogen and oxygen atoms in total. The van der Waals surface area contributed by atoms with Crippen molar-refractivity contribution in [3.05, 3.63) is 0 Å². The van der Waals surface area contributed by atoms with Gasteiger partial charge in [-0.25, -0.2) is 0 Å². The van der Waals surface area contributed by atoms with Gasteiger partial charge in [-0.2, -0.15) is 0 Å². The Morgan fingerprint density at radius 2 is 1.93 bits per heavy atom. The first-order valence-corrected chi connectivity index (χ1v) is 8.31. The van der Waals surface area contributed by atoms with Crippen molar-refractivity contribution in [2.75, 3.05) is 7.11 Å². The Bertz CT molecular complexity index is 275. The van der Waals surface area contributed by atoms with E-state index in [9.17, 15) is 4.79 Å². The molecule has 2 unspecified atom stereocenters. The topological polar surface area (TPSA) is 55.6 Å². The lowest BCUT2D eigenvalue weighted by molar-refractivity contribution is -0.198. The van der Waals surface area contributed by atoms with Gasteiger partial charge in [0.1, 0.15) is 0 Å². The molecular weight excluding hydrogens is 208 g/mol. The smallest absolute Gasteiger partial charge is 0.272 e. The number of hydrogen-bond donors (Lipinski definition) is 1. The Hall–Kier alpha value is -0.393. The average Bonchev–Trinajstić information content (AvgIpc) is 2.08. The monoisotopic (exact) mass is 230 g/mol. The van der Waals surface area contributed by atoms with Crippen molar-refractivity contribution < 1.29 is 9.53 Å². The summed E-state index contributed by atoms with van der Waals surface area (Å²) >= 11 is 0. The quantitative estimate of drug-likeness (QED) is 0.422. The zero-order valence-electron chi connectivity index (χ0n) is 10.5. The van der Waals surface area contributed by atoms with E-state index in [-0.39, 0.29) is 17.1 Å². The maximum atomic E-state index is 12.0. The molecule has 15 heavy (non-hydrogen) atoms. The lowest BCUT2D eigenvalue weighted by Crippen LogP contribution is -2.85. The van der Waals surface area contributed by atoms with Gasteiger partial charge in [0.15, 0.2) is 0 Å². The summed E-state index contributed by atoms with van der Waals surface area (Å²) in [5.74, 6) is -0.0799. The van der Waals surface area contributed by atoms with E-state index in [1.807, 2.05) is 25.7 Å². The van der Waals surface area contributed by atoms with Crippen LogP contribution < -0.4 is 5.73 Å². The Morgan fingerprint density at radius 1 is 1.47 bits per heavy atom. The third-order valence-corrected chi connectivity index (χ3v) is 5.02. The van der Waals surface area contributed by atoms with E-state index >= 15 is 0 Å². The molecular formula is C10H22N2O2Si. The van der Waals surface area contributed by atoms with E-state index < -0.39 is 14.5 Å². The molecule has 1 rings (SSSR count). The third-order valence-electron chi connectivity index (χ3n) is 2.96. The number of nitrogens with two attached hydrogens (primary N) is 1. The molecule has 2 atom stereocenters. The summed E-state index contributed by atoms with van der Waals surface area (Å²) < 4.78 is 5.21. The minimum absolute atomic E-state index is 0.0799. The molecule has 0 radical (unpaired) electrons. The summed E-state index contributed by atoms with van der Waals surface area (Å²) in [6.07, 6.45) is 0.